The number of aromatic nitrogens is 6. The summed E-state index contributed by atoms with van der Waals surface area (Å²) in [6.07, 6.45) is 1.72. The molecule has 45 heavy (non-hydrogen) atoms. The van der Waals surface area contributed by atoms with Crippen molar-refractivity contribution in [3.8, 4) is 11.3 Å². The van der Waals surface area contributed by atoms with Crippen LogP contribution in [0.1, 0.15) is 70.4 Å². The molecule has 1 aliphatic heterocycles. The van der Waals surface area contributed by atoms with Gasteiger partial charge in [-0.2, -0.15) is 0 Å². The number of ether oxygens (including phenoxy) is 1. The lowest BCUT2D eigenvalue weighted by molar-refractivity contribution is -0.0363. The maximum atomic E-state index is 14.5. The summed E-state index contributed by atoms with van der Waals surface area (Å²) in [5.41, 5.74) is 5.14. The molecular weight excluding hydrogens is 621 g/mol. The number of thiazole rings is 1. The first-order valence-corrected chi connectivity index (χ1v) is 17.3. The predicted molar refractivity (Wildman–Crippen MR) is 169 cm³/mol. The zero-order valence-electron chi connectivity index (χ0n) is 25.6. The third-order valence-corrected chi connectivity index (χ3v) is 9.82. The highest BCUT2D eigenvalue weighted by Crippen LogP contribution is 2.38. The van der Waals surface area contributed by atoms with Gasteiger partial charge in [-0.25, -0.2) is 32.2 Å². The summed E-state index contributed by atoms with van der Waals surface area (Å²) in [6, 6.07) is 6.74. The number of nitrogens with one attached hydrogen (secondary N) is 1. The first-order chi connectivity index (χ1) is 21.4. The van der Waals surface area contributed by atoms with Crippen molar-refractivity contribution in [2.24, 2.45) is 0 Å². The Labute approximate surface area is 263 Å². The van der Waals surface area contributed by atoms with Crippen LogP contribution in [0.2, 0.25) is 0 Å². The second-order valence-corrected chi connectivity index (χ2v) is 14.6. The smallest absolute Gasteiger partial charge is 0.295 e. The molecule has 5 aromatic rings. The molecule has 1 N–H and O–H groups in total. The van der Waals surface area contributed by atoms with Crippen LogP contribution < -0.4 is 5.32 Å². The van der Waals surface area contributed by atoms with Crippen molar-refractivity contribution >= 4 is 43.7 Å². The number of sulfone groups is 1. The fourth-order valence-electron chi connectivity index (χ4n) is 5.56. The highest BCUT2D eigenvalue weighted by atomic mass is 32.2. The number of alkyl halides is 2. The van der Waals surface area contributed by atoms with Gasteiger partial charge >= 0.3 is 0 Å². The Morgan fingerprint density at radius 3 is 2.47 bits per heavy atom. The molecule has 1 atom stereocenters. The lowest BCUT2D eigenvalue weighted by Gasteiger charge is -2.25. The van der Waals surface area contributed by atoms with Crippen LogP contribution in [0.4, 0.5) is 20.2 Å². The molecule has 0 bridgehead atoms. The van der Waals surface area contributed by atoms with Crippen molar-refractivity contribution < 1.29 is 21.9 Å². The Balaban J connectivity index is 1.52. The van der Waals surface area contributed by atoms with Gasteiger partial charge in [0.15, 0.2) is 21.3 Å². The van der Waals surface area contributed by atoms with Gasteiger partial charge in [0.2, 0.25) is 0 Å². The van der Waals surface area contributed by atoms with E-state index in [1.165, 1.54) is 15.9 Å². The zero-order chi connectivity index (χ0) is 32.0. The van der Waals surface area contributed by atoms with Crippen LogP contribution in [0.3, 0.4) is 0 Å². The molecule has 1 unspecified atom stereocenters. The molecule has 1 aliphatic rings. The van der Waals surface area contributed by atoms with Gasteiger partial charge in [0.25, 0.3) is 6.43 Å². The topological polar surface area (TPSA) is 125 Å². The minimum Gasteiger partial charge on any atom is -0.358 e. The van der Waals surface area contributed by atoms with E-state index in [0.717, 1.165) is 40.4 Å². The van der Waals surface area contributed by atoms with Crippen LogP contribution in [0.5, 0.6) is 0 Å². The van der Waals surface area contributed by atoms with Crippen LogP contribution in [-0.2, 0) is 21.0 Å². The summed E-state index contributed by atoms with van der Waals surface area (Å²) < 4.78 is 62.4. The molecule has 1 saturated heterocycles. The van der Waals surface area contributed by atoms with Gasteiger partial charge in [-0.3, -0.25) is 14.5 Å². The molecule has 0 radical (unpaired) electrons. The number of halogens is 2. The predicted octanol–water partition coefficient (Wildman–Crippen LogP) is 6.95. The molecular formula is C31H33F2N7O3S2. The number of imidazole rings is 1. The molecule has 6 rings (SSSR count). The van der Waals surface area contributed by atoms with Gasteiger partial charge in [-0.1, -0.05) is 6.07 Å². The van der Waals surface area contributed by atoms with Gasteiger partial charge in [-0.15, -0.1) is 11.3 Å². The largest absolute Gasteiger partial charge is 0.358 e. The van der Waals surface area contributed by atoms with Crippen molar-refractivity contribution in [2.45, 2.75) is 70.9 Å². The molecule has 1 fully saturated rings. The number of pyridine rings is 1. The Morgan fingerprint density at radius 2 is 1.82 bits per heavy atom. The van der Waals surface area contributed by atoms with Gasteiger partial charge in [-0.05, 0) is 65.2 Å². The maximum absolute atomic E-state index is 14.5. The van der Waals surface area contributed by atoms with Gasteiger partial charge in [0.05, 0.1) is 49.7 Å². The number of fused-ring (bicyclic) bond motifs is 1. The first-order valence-electron chi connectivity index (χ1n) is 14.5. The molecule has 5 heterocycles. The van der Waals surface area contributed by atoms with Crippen LogP contribution in [0, 0.1) is 27.7 Å². The third kappa shape index (κ3) is 6.31. The molecule has 236 valence electrons. The van der Waals surface area contributed by atoms with Crippen LogP contribution >= 0.6 is 11.3 Å². The summed E-state index contributed by atoms with van der Waals surface area (Å²) in [5, 5.41) is 4.09. The zero-order valence-corrected chi connectivity index (χ0v) is 27.2. The molecule has 0 saturated carbocycles. The number of rotatable bonds is 8. The summed E-state index contributed by atoms with van der Waals surface area (Å²) in [6.45, 7) is 8.02. The van der Waals surface area contributed by atoms with Crippen molar-refractivity contribution in [2.75, 3.05) is 18.2 Å². The summed E-state index contributed by atoms with van der Waals surface area (Å²) >= 11 is 1.53. The van der Waals surface area contributed by atoms with Crippen molar-refractivity contribution in [3.63, 3.8) is 0 Å². The van der Waals surface area contributed by atoms with E-state index in [-0.39, 0.29) is 28.2 Å². The molecule has 14 heteroatoms. The number of aryl methyl sites for hydroxylation is 4. The Hall–Kier alpha value is -3.88. The van der Waals surface area contributed by atoms with E-state index in [9.17, 15) is 17.2 Å². The van der Waals surface area contributed by atoms with Crippen LogP contribution in [0.15, 0.2) is 35.4 Å². The lowest BCUT2D eigenvalue weighted by atomic mass is 10.1. The number of nitrogens with zero attached hydrogens (tertiary/aromatic N) is 6. The molecule has 0 spiro atoms. The van der Waals surface area contributed by atoms with Crippen LogP contribution in [0.25, 0.3) is 22.4 Å². The van der Waals surface area contributed by atoms with Crippen LogP contribution in [-0.4, -0.2) is 50.8 Å². The van der Waals surface area contributed by atoms with E-state index in [2.05, 4.69) is 25.3 Å². The highest BCUT2D eigenvalue weighted by Gasteiger charge is 2.29. The van der Waals surface area contributed by atoms with E-state index in [1.54, 1.807) is 30.5 Å². The van der Waals surface area contributed by atoms with Gasteiger partial charge in [0.1, 0.15) is 11.7 Å². The second kappa shape index (κ2) is 12.1. The standard InChI is InChI=1S/C31H33F2N7O3S2/c1-16-17(2)35-22(15-34-16)13-21-14-24(28-30(37-21)40(31(39-28)29(32)33)26-8-6-7-11-43-26)38-23-10-9-20(12-25(23)45(5,41)42)27-18(3)44-19(4)36-27/h9-10,12,14-15,26,29H,6-8,11,13H2,1-5H3,(H,37,38). The average molecular weight is 654 g/mol. The maximum Gasteiger partial charge on any atom is 0.295 e. The summed E-state index contributed by atoms with van der Waals surface area (Å²) in [5.74, 6) is -0.455. The molecule has 4 aromatic heterocycles. The van der Waals surface area contributed by atoms with Crippen molar-refractivity contribution in [1.82, 2.24) is 29.5 Å². The Kier molecular flexibility index (Phi) is 8.39. The van der Waals surface area contributed by atoms with Crippen molar-refractivity contribution in [3.05, 3.63) is 68.9 Å². The fraction of sp³-hybridized carbons (Fsp3) is 0.387. The average Bonchev–Trinajstić information content (AvgIpc) is 3.54. The molecule has 0 aliphatic carbocycles. The van der Waals surface area contributed by atoms with E-state index in [4.69, 9.17) is 9.72 Å². The molecule has 1 aromatic carbocycles. The van der Waals surface area contributed by atoms with Crippen molar-refractivity contribution in [1.29, 1.82) is 0 Å². The lowest BCUT2D eigenvalue weighted by Crippen LogP contribution is -2.20. The monoisotopic (exact) mass is 653 g/mol. The number of benzene rings is 1. The number of hydrogen-bond donors (Lipinski definition) is 1. The minimum atomic E-state index is -3.73. The van der Waals surface area contributed by atoms with Gasteiger partial charge in [0, 0.05) is 35.9 Å². The van der Waals surface area contributed by atoms with E-state index >= 15 is 0 Å². The number of anilines is 2. The highest BCUT2D eigenvalue weighted by molar-refractivity contribution is 7.90. The van der Waals surface area contributed by atoms with E-state index in [0.29, 0.717) is 41.4 Å². The summed E-state index contributed by atoms with van der Waals surface area (Å²) in [7, 11) is -3.73. The van der Waals surface area contributed by atoms with Gasteiger partial charge < -0.3 is 10.1 Å². The fourth-order valence-corrected chi connectivity index (χ4v) is 7.26. The molecule has 10 nitrogen and oxygen atoms in total. The summed E-state index contributed by atoms with van der Waals surface area (Å²) in [4.78, 5) is 23.8. The SMILES string of the molecule is Cc1nc(-c2ccc(Nc3cc(Cc4cnc(C)c(C)n4)nc4c3nc(C(F)F)n4C3CCCCO3)c(S(C)(=O)=O)c2)c(C)s1. The normalized spacial score (nSPS) is 15.7. The number of hydrogen-bond acceptors (Lipinski definition) is 10. The van der Waals surface area contributed by atoms with E-state index < -0.39 is 28.3 Å². The molecule has 0 amide bonds. The quantitative estimate of drug-likeness (QED) is 0.189. The third-order valence-electron chi connectivity index (χ3n) is 7.80. The first kappa shape index (κ1) is 31.1. The second-order valence-electron chi connectivity index (χ2n) is 11.3. The minimum absolute atomic E-state index is 0.0423. The Bertz CT molecular complexity index is 2020. The van der Waals surface area contributed by atoms with E-state index in [1.807, 2.05) is 27.7 Å². The Morgan fingerprint density at radius 1 is 1.02 bits per heavy atom.